The number of hydrogen-bond acceptors (Lipinski definition) is 2. The second-order valence-corrected chi connectivity index (χ2v) is 6.78. The summed E-state index contributed by atoms with van der Waals surface area (Å²) >= 11 is 0. The normalized spacial score (nSPS) is 20.0. The molecule has 3 N–H and O–H groups in total. The average Bonchev–Trinajstić information content (AvgIpc) is 2.25. The molecular weight excluding hydrogens is 212 g/mol. The van der Waals surface area contributed by atoms with Crippen LogP contribution < -0.4 is 11.1 Å². The van der Waals surface area contributed by atoms with Crippen LogP contribution in [-0.4, -0.2) is 19.0 Å². The zero-order chi connectivity index (χ0) is 12.9. The number of nitrogens with one attached hydrogen (secondary N) is 1. The van der Waals surface area contributed by atoms with Crippen LogP contribution in [0.4, 0.5) is 0 Å². The molecule has 1 aliphatic rings. The van der Waals surface area contributed by atoms with Crippen LogP contribution >= 0.6 is 0 Å². The summed E-state index contributed by atoms with van der Waals surface area (Å²) in [5.41, 5.74) is 6.13. The third kappa shape index (κ3) is 5.07. The number of carbonyl (C=O) groups is 1. The maximum Gasteiger partial charge on any atom is 0.220 e. The molecule has 0 bridgehead atoms. The first-order chi connectivity index (χ1) is 7.87. The second kappa shape index (κ2) is 5.85. The molecular formula is C14H28N2O. The van der Waals surface area contributed by atoms with Crippen LogP contribution in [0.15, 0.2) is 0 Å². The van der Waals surface area contributed by atoms with Crippen molar-refractivity contribution in [3.05, 3.63) is 0 Å². The first kappa shape index (κ1) is 14.5. The molecule has 0 aromatic carbocycles. The number of rotatable bonds is 4. The van der Waals surface area contributed by atoms with Gasteiger partial charge in [-0.05, 0) is 30.2 Å². The molecule has 1 amide bonds. The van der Waals surface area contributed by atoms with Gasteiger partial charge in [-0.2, -0.15) is 0 Å². The molecule has 0 saturated heterocycles. The highest BCUT2D eigenvalue weighted by Crippen LogP contribution is 2.34. The van der Waals surface area contributed by atoms with Gasteiger partial charge >= 0.3 is 0 Å². The Hall–Kier alpha value is -0.570. The number of amides is 1. The lowest BCUT2D eigenvalue weighted by atomic mass is 9.74. The van der Waals surface area contributed by atoms with Gasteiger partial charge in [-0.25, -0.2) is 0 Å². The molecule has 1 saturated carbocycles. The minimum absolute atomic E-state index is 0.0620. The lowest BCUT2D eigenvalue weighted by Gasteiger charge is -2.36. The van der Waals surface area contributed by atoms with E-state index in [1.54, 1.807) is 0 Å². The topological polar surface area (TPSA) is 55.1 Å². The predicted octanol–water partition coefficient (Wildman–Crippen LogP) is 2.45. The smallest absolute Gasteiger partial charge is 0.220 e. The molecule has 0 heterocycles. The van der Waals surface area contributed by atoms with Gasteiger partial charge in [-0.15, -0.1) is 0 Å². The van der Waals surface area contributed by atoms with Crippen LogP contribution in [0, 0.1) is 10.8 Å². The van der Waals surface area contributed by atoms with E-state index in [-0.39, 0.29) is 16.7 Å². The van der Waals surface area contributed by atoms with Crippen molar-refractivity contribution < 1.29 is 4.79 Å². The first-order valence-electron chi connectivity index (χ1n) is 6.84. The number of hydrogen-bond donors (Lipinski definition) is 2. The van der Waals surface area contributed by atoms with E-state index in [9.17, 15) is 4.79 Å². The molecule has 0 atom stereocenters. The minimum Gasteiger partial charge on any atom is -0.355 e. The van der Waals surface area contributed by atoms with Gasteiger partial charge in [0, 0.05) is 13.0 Å². The van der Waals surface area contributed by atoms with E-state index < -0.39 is 0 Å². The minimum atomic E-state index is 0.0620. The third-order valence-corrected chi connectivity index (χ3v) is 3.70. The fourth-order valence-corrected chi connectivity index (χ4v) is 2.59. The first-order valence-corrected chi connectivity index (χ1v) is 6.84. The summed E-state index contributed by atoms with van der Waals surface area (Å²) in [5.74, 6) is 0.163. The second-order valence-electron chi connectivity index (χ2n) is 6.78. The molecule has 0 radical (unpaired) electrons. The van der Waals surface area contributed by atoms with Crippen LogP contribution in [-0.2, 0) is 4.79 Å². The third-order valence-electron chi connectivity index (χ3n) is 3.70. The lowest BCUT2D eigenvalue weighted by molar-refractivity contribution is -0.123. The number of carbonyl (C=O) groups excluding carboxylic acids is 1. The highest BCUT2D eigenvalue weighted by atomic mass is 16.1. The highest BCUT2D eigenvalue weighted by molar-refractivity contribution is 5.76. The van der Waals surface area contributed by atoms with E-state index in [0.717, 1.165) is 6.54 Å². The monoisotopic (exact) mass is 240 g/mol. The van der Waals surface area contributed by atoms with E-state index in [4.69, 9.17) is 5.73 Å². The van der Waals surface area contributed by atoms with E-state index >= 15 is 0 Å². The molecule has 3 heteroatoms. The molecule has 100 valence electrons. The molecule has 17 heavy (non-hydrogen) atoms. The maximum atomic E-state index is 11.8. The molecule has 0 aliphatic heterocycles. The molecule has 0 aromatic rings. The fraction of sp³-hybridized carbons (Fsp3) is 0.929. The Morgan fingerprint density at radius 3 is 2.29 bits per heavy atom. The summed E-state index contributed by atoms with van der Waals surface area (Å²) in [6.45, 7) is 7.73. The quantitative estimate of drug-likeness (QED) is 0.793. The Morgan fingerprint density at radius 1 is 1.24 bits per heavy atom. The summed E-state index contributed by atoms with van der Waals surface area (Å²) < 4.78 is 0. The zero-order valence-corrected chi connectivity index (χ0v) is 11.6. The van der Waals surface area contributed by atoms with Crippen LogP contribution in [0.25, 0.3) is 0 Å². The summed E-state index contributed by atoms with van der Waals surface area (Å²) in [6.07, 6.45) is 6.75. The van der Waals surface area contributed by atoms with Crippen molar-refractivity contribution in [2.24, 2.45) is 16.6 Å². The van der Waals surface area contributed by atoms with Crippen molar-refractivity contribution >= 4 is 5.91 Å². The highest BCUT2D eigenvalue weighted by Gasteiger charge is 2.31. The van der Waals surface area contributed by atoms with Gasteiger partial charge in [0.25, 0.3) is 0 Å². The Balaban J connectivity index is 2.39. The van der Waals surface area contributed by atoms with Gasteiger partial charge in [0.05, 0.1) is 0 Å². The zero-order valence-electron chi connectivity index (χ0n) is 11.6. The summed E-state index contributed by atoms with van der Waals surface area (Å²) in [6, 6.07) is 0. The van der Waals surface area contributed by atoms with Gasteiger partial charge < -0.3 is 11.1 Å². The van der Waals surface area contributed by atoms with E-state index in [2.05, 4.69) is 26.1 Å². The van der Waals surface area contributed by atoms with Gasteiger partial charge in [-0.1, -0.05) is 40.0 Å². The Morgan fingerprint density at radius 2 is 1.82 bits per heavy atom. The average molecular weight is 240 g/mol. The lowest BCUT2D eigenvalue weighted by Crippen LogP contribution is -2.44. The van der Waals surface area contributed by atoms with Crippen molar-refractivity contribution in [1.82, 2.24) is 5.32 Å². The van der Waals surface area contributed by atoms with Gasteiger partial charge in [0.2, 0.25) is 5.91 Å². The van der Waals surface area contributed by atoms with Crippen LogP contribution in [0.1, 0.15) is 59.3 Å². The molecule has 3 nitrogen and oxygen atoms in total. The molecule has 1 fully saturated rings. The Kier molecular flexibility index (Phi) is 4.99. The van der Waals surface area contributed by atoms with Gasteiger partial charge in [0.1, 0.15) is 0 Å². The molecule has 0 unspecified atom stereocenters. The van der Waals surface area contributed by atoms with Crippen LogP contribution in [0.2, 0.25) is 0 Å². The molecule has 1 rings (SSSR count). The van der Waals surface area contributed by atoms with Crippen molar-refractivity contribution in [3.63, 3.8) is 0 Å². The maximum absolute atomic E-state index is 11.8. The molecule has 0 spiro atoms. The summed E-state index contributed by atoms with van der Waals surface area (Å²) in [5, 5.41) is 3.08. The van der Waals surface area contributed by atoms with E-state index in [1.165, 1.54) is 32.1 Å². The molecule has 0 aromatic heterocycles. The fourth-order valence-electron chi connectivity index (χ4n) is 2.59. The van der Waals surface area contributed by atoms with Crippen molar-refractivity contribution in [2.75, 3.05) is 13.1 Å². The summed E-state index contributed by atoms with van der Waals surface area (Å²) in [4.78, 5) is 11.8. The van der Waals surface area contributed by atoms with Crippen LogP contribution in [0.3, 0.4) is 0 Å². The van der Waals surface area contributed by atoms with Crippen molar-refractivity contribution in [2.45, 2.75) is 59.3 Å². The SMILES string of the molecule is CC(C)(C)CC(=O)NCC1(CN)CCCCC1. The summed E-state index contributed by atoms with van der Waals surface area (Å²) in [7, 11) is 0. The van der Waals surface area contributed by atoms with Gasteiger partial charge in [-0.3, -0.25) is 4.79 Å². The van der Waals surface area contributed by atoms with E-state index in [1.807, 2.05) is 0 Å². The Labute approximate surface area is 106 Å². The predicted molar refractivity (Wildman–Crippen MR) is 71.7 cm³/mol. The largest absolute Gasteiger partial charge is 0.355 e. The number of nitrogens with two attached hydrogens (primary N) is 1. The van der Waals surface area contributed by atoms with Crippen molar-refractivity contribution in [1.29, 1.82) is 0 Å². The van der Waals surface area contributed by atoms with Crippen molar-refractivity contribution in [3.8, 4) is 0 Å². The van der Waals surface area contributed by atoms with Gasteiger partial charge in [0.15, 0.2) is 0 Å². The van der Waals surface area contributed by atoms with E-state index in [0.29, 0.717) is 13.0 Å². The molecule has 1 aliphatic carbocycles. The standard InChI is InChI=1S/C14H28N2O/c1-13(2,3)9-12(17)16-11-14(10-15)7-5-4-6-8-14/h4-11,15H2,1-3H3,(H,16,17). The van der Waals surface area contributed by atoms with Crippen LogP contribution in [0.5, 0.6) is 0 Å². The Bertz CT molecular complexity index is 249.